The molecule has 1 aromatic heterocycles. The fourth-order valence-electron chi connectivity index (χ4n) is 1.04. The lowest BCUT2D eigenvalue weighted by molar-refractivity contribution is 0.102. The predicted octanol–water partition coefficient (Wildman–Crippen LogP) is 1.49. The Morgan fingerprint density at radius 3 is 2.58 bits per heavy atom. The van der Waals surface area contributed by atoms with Gasteiger partial charge in [-0.25, -0.2) is 0 Å². The largest absolute Gasteiger partial charge is 0.287 e. The summed E-state index contributed by atoms with van der Waals surface area (Å²) in [4.78, 5) is 11.4. The summed E-state index contributed by atoms with van der Waals surface area (Å²) < 4.78 is 1.58. The second-order valence-corrected chi connectivity index (χ2v) is 2.90. The lowest BCUT2D eigenvalue weighted by atomic mass is 10.1. The van der Waals surface area contributed by atoms with Crippen LogP contribution in [0.1, 0.15) is 23.1 Å². The van der Waals surface area contributed by atoms with Crippen LogP contribution in [-0.4, -0.2) is 15.6 Å². The van der Waals surface area contributed by atoms with Gasteiger partial charge >= 0.3 is 0 Å². The molecule has 0 unspecified atom stereocenters. The zero-order valence-corrected chi connectivity index (χ0v) is 7.59. The van der Waals surface area contributed by atoms with Crippen molar-refractivity contribution in [1.29, 1.82) is 0 Å². The maximum Gasteiger partial charge on any atom is 0.206 e. The Hall–Kier alpha value is -1.38. The average Bonchev–Trinajstić information content (AvgIpc) is 2.28. The third-order valence-corrected chi connectivity index (χ3v) is 1.62. The van der Waals surface area contributed by atoms with Crippen molar-refractivity contribution >= 4 is 5.78 Å². The number of aromatic nitrogens is 2. The van der Waals surface area contributed by atoms with Gasteiger partial charge in [0.05, 0.1) is 5.69 Å². The number of aryl methyl sites for hydroxylation is 2. The third-order valence-electron chi connectivity index (χ3n) is 1.62. The number of hydrogen-bond donors (Lipinski definition) is 0. The van der Waals surface area contributed by atoms with Crippen molar-refractivity contribution in [1.82, 2.24) is 9.78 Å². The van der Waals surface area contributed by atoms with Crippen LogP contribution in [-0.2, 0) is 7.05 Å². The van der Waals surface area contributed by atoms with Crippen LogP contribution in [0, 0.1) is 6.92 Å². The first-order valence-electron chi connectivity index (χ1n) is 3.73. The van der Waals surface area contributed by atoms with Crippen molar-refractivity contribution in [2.45, 2.75) is 13.8 Å². The number of allylic oxidation sites excluding steroid dienone is 1. The first-order chi connectivity index (χ1) is 5.52. The molecule has 0 aliphatic heterocycles. The van der Waals surface area contributed by atoms with E-state index < -0.39 is 0 Å². The molecule has 0 aliphatic rings. The van der Waals surface area contributed by atoms with Crippen LogP contribution in [0.4, 0.5) is 0 Å². The Balaban J connectivity index is 3.11. The van der Waals surface area contributed by atoms with E-state index in [4.69, 9.17) is 0 Å². The van der Waals surface area contributed by atoms with Gasteiger partial charge < -0.3 is 0 Å². The van der Waals surface area contributed by atoms with Gasteiger partial charge in [-0.05, 0) is 25.5 Å². The molecule has 0 aromatic carbocycles. The quantitative estimate of drug-likeness (QED) is 0.490. The summed E-state index contributed by atoms with van der Waals surface area (Å²) in [6, 6.07) is 1.76. The van der Waals surface area contributed by atoms with E-state index in [2.05, 4.69) is 11.7 Å². The Labute approximate surface area is 71.7 Å². The minimum absolute atomic E-state index is 0.0434. The number of rotatable bonds is 2. The molecule has 1 aromatic rings. The second-order valence-electron chi connectivity index (χ2n) is 2.90. The van der Waals surface area contributed by atoms with Gasteiger partial charge in [0.2, 0.25) is 5.78 Å². The van der Waals surface area contributed by atoms with Crippen LogP contribution in [0.25, 0.3) is 0 Å². The summed E-state index contributed by atoms with van der Waals surface area (Å²) in [6.45, 7) is 7.15. The van der Waals surface area contributed by atoms with Gasteiger partial charge in [0.25, 0.3) is 0 Å². The molecule has 0 N–H and O–H groups in total. The normalized spacial score (nSPS) is 9.92. The molecule has 3 heteroatoms. The van der Waals surface area contributed by atoms with Crippen LogP contribution in [0.5, 0.6) is 0 Å². The molecule has 0 bridgehead atoms. The van der Waals surface area contributed by atoms with Crippen molar-refractivity contribution in [2.24, 2.45) is 7.05 Å². The van der Waals surface area contributed by atoms with Crippen LogP contribution in [0.3, 0.4) is 0 Å². The monoisotopic (exact) mass is 164 g/mol. The van der Waals surface area contributed by atoms with Gasteiger partial charge in [0, 0.05) is 7.05 Å². The second kappa shape index (κ2) is 2.93. The first kappa shape index (κ1) is 8.71. The molecule has 0 saturated carbocycles. The fraction of sp³-hybridized carbons (Fsp3) is 0.333. The van der Waals surface area contributed by atoms with Gasteiger partial charge in [-0.15, -0.1) is 0 Å². The predicted molar refractivity (Wildman–Crippen MR) is 47.1 cm³/mol. The molecule has 12 heavy (non-hydrogen) atoms. The summed E-state index contributed by atoms with van der Waals surface area (Å²) in [6.07, 6.45) is 0. The molecule has 0 amide bonds. The van der Waals surface area contributed by atoms with Gasteiger partial charge in [0.1, 0.15) is 5.69 Å². The number of hydrogen-bond acceptors (Lipinski definition) is 2. The molecule has 1 heterocycles. The SMILES string of the molecule is C=C(C)C(=O)c1cc(C)nn1C. The highest BCUT2D eigenvalue weighted by atomic mass is 16.1. The summed E-state index contributed by atoms with van der Waals surface area (Å²) in [5.41, 5.74) is 1.99. The molecule has 0 spiro atoms. The van der Waals surface area contributed by atoms with Crippen LogP contribution in [0.2, 0.25) is 0 Å². The Bertz CT molecular complexity index is 336. The fourth-order valence-corrected chi connectivity index (χ4v) is 1.04. The highest BCUT2D eigenvalue weighted by molar-refractivity contribution is 6.06. The van der Waals surface area contributed by atoms with E-state index in [0.29, 0.717) is 11.3 Å². The smallest absolute Gasteiger partial charge is 0.206 e. The molecule has 0 aliphatic carbocycles. The van der Waals surface area contributed by atoms with Crippen LogP contribution >= 0.6 is 0 Å². The van der Waals surface area contributed by atoms with Gasteiger partial charge in [-0.3, -0.25) is 9.48 Å². The maximum atomic E-state index is 11.4. The summed E-state index contributed by atoms with van der Waals surface area (Å²) >= 11 is 0. The Morgan fingerprint density at radius 1 is 1.67 bits per heavy atom. The Morgan fingerprint density at radius 2 is 2.25 bits per heavy atom. The van der Waals surface area contributed by atoms with Crippen molar-refractivity contribution in [3.05, 3.63) is 29.6 Å². The van der Waals surface area contributed by atoms with Gasteiger partial charge in [0.15, 0.2) is 0 Å². The molecule has 3 nitrogen and oxygen atoms in total. The molecule has 0 fully saturated rings. The molecule has 64 valence electrons. The molecular weight excluding hydrogens is 152 g/mol. The standard InChI is InChI=1S/C9H12N2O/c1-6(2)9(12)8-5-7(3)10-11(8)4/h5H,1H2,2-4H3. The number of carbonyl (C=O) groups is 1. The summed E-state index contributed by atoms with van der Waals surface area (Å²) in [5, 5.41) is 4.07. The molecule has 1 rings (SSSR count). The third kappa shape index (κ3) is 1.44. The number of nitrogens with zero attached hydrogens (tertiary/aromatic N) is 2. The lowest BCUT2D eigenvalue weighted by Crippen LogP contribution is -2.06. The van der Waals surface area contributed by atoms with Crippen molar-refractivity contribution < 1.29 is 4.79 Å². The molecule has 0 saturated heterocycles. The Kier molecular flexibility index (Phi) is 2.13. The van der Waals surface area contributed by atoms with E-state index in [1.54, 1.807) is 24.7 Å². The topological polar surface area (TPSA) is 34.9 Å². The van der Waals surface area contributed by atoms with E-state index in [0.717, 1.165) is 5.69 Å². The highest BCUT2D eigenvalue weighted by Crippen LogP contribution is 2.07. The van der Waals surface area contributed by atoms with Crippen LogP contribution in [0.15, 0.2) is 18.2 Å². The molecule has 0 atom stereocenters. The van der Waals surface area contributed by atoms with Crippen molar-refractivity contribution in [3.63, 3.8) is 0 Å². The maximum absolute atomic E-state index is 11.4. The average molecular weight is 164 g/mol. The number of Topliss-reactive ketones (excluding diaryl/α,β-unsaturated/α-hetero) is 1. The minimum atomic E-state index is -0.0434. The van der Waals surface area contributed by atoms with E-state index >= 15 is 0 Å². The van der Waals surface area contributed by atoms with E-state index in [9.17, 15) is 4.79 Å². The molecule has 0 radical (unpaired) electrons. The van der Waals surface area contributed by atoms with Crippen molar-refractivity contribution in [3.8, 4) is 0 Å². The number of carbonyl (C=O) groups excluding carboxylic acids is 1. The molecular formula is C9H12N2O. The van der Waals surface area contributed by atoms with E-state index in [1.165, 1.54) is 0 Å². The zero-order valence-electron chi connectivity index (χ0n) is 7.59. The zero-order chi connectivity index (χ0) is 9.30. The lowest BCUT2D eigenvalue weighted by Gasteiger charge is -1.98. The van der Waals surface area contributed by atoms with Crippen LogP contribution < -0.4 is 0 Å². The van der Waals surface area contributed by atoms with E-state index in [1.807, 2.05) is 6.92 Å². The first-order valence-corrected chi connectivity index (χ1v) is 3.73. The van der Waals surface area contributed by atoms with Crippen molar-refractivity contribution in [2.75, 3.05) is 0 Å². The summed E-state index contributed by atoms with van der Waals surface area (Å²) in [5.74, 6) is -0.0434. The minimum Gasteiger partial charge on any atom is -0.287 e. The van der Waals surface area contributed by atoms with Gasteiger partial charge in [-0.2, -0.15) is 5.10 Å². The summed E-state index contributed by atoms with van der Waals surface area (Å²) in [7, 11) is 1.75. The highest BCUT2D eigenvalue weighted by Gasteiger charge is 2.11. The van der Waals surface area contributed by atoms with E-state index in [-0.39, 0.29) is 5.78 Å². The number of ketones is 1. The van der Waals surface area contributed by atoms with Gasteiger partial charge in [-0.1, -0.05) is 6.58 Å².